The minimum Gasteiger partial charge on any atom is -0.309 e. The van der Waals surface area contributed by atoms with Gasteiger partial charge in [0.1, 0.15) is 0 Å². The summed E-state index contributed by atoms with van der Waals surface area (Å²) in [6.07, 6.45) is 0. The molecule has 0 saturated carbocycles. The van der Waals surface area contributed by atoms with Gasteiger partial charge in [-0.05, 0) is 110 Å². The SMILES string of the molecule is CC1(C)c2ccccc2C2(c3ccccc3-c3ccc(-c4ccc(N(c5ccc6sc7ccccc7c6c5)c5cccc6c5sc5ccccc56)cc4)cc32)c2ccccc21. The lowest BCUT2D eigenvalue weighted by Gasteiger charge is -2.46. The van der Waals surface area contributed by atoms with Crippen molar-refractivity contribution in [2.45, 2.75) is 24.7 Å². The maximum absolute atomic E-state index is 2.50. The van der Waals surface area contributed by atoms with Crippen molar-refractivity contribution < 1.29 is 0 Å². The Bertz CT molecular complexity index is 3530. The summed E-state index contributed by atoms with van der Waals surface area (Å²) in [5.41, 5.74) is 16.3. The normalized spacial score (nSPS) is 14.3. The molecule has 11 aromatic rings. The molecule has 2 heterocycles. The van der Waals surface area contributed by atoms with E-state index in [0.717, 1.165) is 11.4 Å². The van der Waals surface area contributed by atoms with Gasteiger partial charge in [0, 0.05) is 52.4 Å². The number of rotatable bonds is 4. The van der Waals surface area contributed by atoms with E-state index in [1.54, 1.807) is 0 Å². The lowest BCUT2D eigenvalue weighted by molar-refractivity contribution is 0.563. The van der Waals surface area contributed by atoms with Gasteiger partial charge in [-0.2, -0.15) is 0 Å². The fourth-order valence-electron chi connectivity index (χ4n) is 11.0. The van der Waals surface area contributed by atoms with Crippen LogP contribution in [0.5, 0.6) is 0 Å². The summed E-state index contributed by atoms with van der Waals surface area (Å²) in [6, 6.07) is 75.4. The fraction of sp³-hybridized carbons (Fsp3) is 0.0690. The summed E-state index contributed by atoms with van der Waals surface area (Å²) >= 11 is 3.75. The first kappa shape index (κ1) is 35.0. The predicted octanol–water partition coefficient (Wildman–Crippen LogP) is 16.6. The summed E-state index contributed by atoms with van der Waals surface area (Å²) in [6.45, 7) is 4.78. The molecule has 1 spiro atoms. The maximum Gasteiger partial charge on any atom is 0.0719 e. The highest BCUT2D eigenvalue weighted by Crippen LogP contribution is 2.62. The van der Waals surface area contributed by atoms with E-state index >= 15 is 0 Å². The van der Waals surface area contributed by atoms with Gasteiger partial charge in [0.15, 0.2) is 0 Å². The molecule has 288 valence electrons. The predicted molar refractivity (Wildman–Crippen MR) is 262 cm³/mol. The van der Waals surface area contributed by atoms with Crippen LogP contribution in [0.4, 0.5) is 17.1 Å². The molecule has 2 aromatic heterocycles. The first-order valence-electron chi connectivity index (χ1n) is 21.2. The van der Waals surface area contributed by atoms with Gasteiger partial charge in [0.05, 0.1) is 15.8 Å². The van der Waals surface area contributed by atoms with Crippen molar-refractivity contribution in [1.82, 2.24) is 0 Å². The number of anilines is 3. The Kier molecular flexibility index (Phi) is 7.38. The zero-order valence-corrected chi connectivity index (χ0v) is 35.4. The van der Waals surface area contributed by atoms with E-state index in [2.05, 4.69) is 219 Å². The quantitative estimate of drug-likeness (QED) is 0.171. The Labute approximate surface area is 363 Å². The largest absolute Gasteiger partial charge is 0.309 e. The number of hydrogen-bond donors (Lipinski definition) is 0. The third-order valence-corrected chi connectivity index (χ3v) is 16.1. The Morgan fingerprint density at radius 1 is 0.361 bits per heavy atom. The Balaban J connectivity index is 0.994. The molecule has 0 radical (unpaired) electrons. The standard InChI is InChI=1S/C58H39NS2/c1-57(2)47-19-7-9-21-49(47)58(50-22-10-8-20-48(50)57)46-18-6-3-14-40(46)41-32-28-37(34-51(41)58)36-26-29-38(30-27-36)59(39-31-33-55-45(35-39)43-16-5-11-24-53(43)60-55)52-23-13-17-44-42-15-4-12-25-54(42)61-56(44)52/h3-35H,1-2H3. The monoisotopic (exact) mass is 813 g/mol. The Hall–Kier alpha value is -6.78. The van der Waals surface area contributed by atoms with Gasteiger partial charge >= 0.3 is 0 Å². The number of thiophene rings is 2. The van der Waals surface area contributed by atoms with Gasteiger partial charge in [0.25, 0.3) is 0 Å². The van der Waals surface area contributed by atoms with E-state index in [1.807, 2.05) is 22.7 Å². The second kappa shape index (κ2) is 12.9. The van der Waals surface area contributed by atoms with Crippen LogP contribution in [0.1, 0.15) is 47.2 Å². The Morgan fingerprint density at radius 3 is 1.64 bits per heavy atom. The van der Waals surface area contributed by atoms with E-state index in [-0.39, 0.29) is 5.41 Å². The van der Waals surface area contributed by atoms with Crippen LogP contribution in [-0.4, -0.2) is 0 Å². The number of fused-ring (bicyclic) bond motifs is 15. The lowest BCUT2D eigenvalue weighted by Crippen LogP contribution is -2.40. The van der Waals surface area contributed by atoms with Crippen LogP contribution in [0.3, 0.4) is 0 Å². The second-order valence-corrected chi connectivity index (χ2v) is 19.3. The average Bonchev–Trinajstić information content (AvgIpc) is 3.97. The molecule has 13 rings (SSSR count). The van der Waals surface area contributed by atoms with Crippen LogP contribution >= 0.6 is 22.7 Å². The van der Waals surface area contributed by atoms with Gasteiger partial charge in [-0.15, -0.1) is 22.7 Å². The molecule has 0 saturated heterocycles. The molecule has 0 fully saturated rings. The van der Waals surface area contributed by atoms with Crippen molar-refractivity contribution in [2.24, 2.45) is 0 Å². The maximum atomic E-state index is 2.50. The van der Waals surface area contributed by atoms with E-state index in [9.17, 15) is 0 Å². The van der Waals surface area contributed by atoms with Gasteiger partial charge in [0.2, 0.25) is 0 Å². The Morgan fingerprint density at radius 2 is 0.902 bits per heavy atom. The average molecular weight is 814 g/mol. The van der Waals surface area contributed by atoms with Gasteiger partial charge in [-0.25, -0.2) is 0 Å². The first-order chi connectivity index (χ1) is 30.0. The number of benzene rings is 9. The molecular formula is C58H39NS2. The van der Waals surface area contributed by atoms with Crippen molar-refractivity contribution in [3.63, 3.8) is 0 Å². The van der Waals surface area contributed by atoms with Crippen LogP contribution in [0, 0.1) is 0 Å². The van der Waals surface area contributed by atoms with Crippen LogP contribution in [-0.2, 0) is 10.8 Å². The van der Waals surface area contributed by atoms with Gasteiger partial charge in [-0.1, -0.05) is 159 Å². The summed E-state index contributed by atoms with van der Waals surface area (Å²) in [4.78, 5) is 2.47. The molecule has 0 aliphatic heterocycles. The number of hydrogen-bond acceptors (Lipinski definition) is 3. The first-order valence-corrected chi connectivity index (χ1v) is 22.8. The molecule has 0 bridgehead atoms. The minimum absolute atomic E-state index is 0.128. The van der Waals surface area contributed by atoms with Crippen molar-refractivity contribution in [2.75, 3.05) is 4.90 Å². The topological polar surface area (TPSA) is 3.24 Å². The van der Waals surface area contributed by atoms with E-state index < -0.39 is 5.41 Å². The third-order valence-electron chi connectivity index (χ3n) is 13.8. The highest BCUT2D eigenvalue weighted by molar-refractivity contribution is 7.26. The molecule has 61 heavy (non-hydrogen) atoms. The molecular weight excluding hydrogens is 775 g/mol. The van der Waals surface area contributed by atoms with Crippen LogP contribution in [0.15, 0.2) is 200 Å². The minimum atomic E-state index is -0.422. The van der Waals surface area contributed by atoms with Gasteiger partial charge < -0.3 is 4.90 Å². The van der Waals surface area contributed by atoms with Crippen LogP contribution < -0.4 is 4.90 Å². The van der Waals surface area contributed by atoms with E-state index in [1.165, 1.54) is 102 Å². The van der Waals surface area contributed by atoms with Crippen molar-refractivity contribution in [1.29, 1.82) is 0 Å². The summed E-state index contributed by atoms with van der Waals surface area (Å²) < 4.78 is 5.23. The molecule has 3 heteroatoms. The molecule has 1 nitrogen and oxygen atoms in total. The zero-order valence-electron chi connectivity index (χ0n) is 33.8. The summed E-state index contributed by atoms with van der Waals surface area (Å²) in [7, 11) is 0. The summed E-state index contributed by atoms with van der Waals surface area (Å²) in [5.74, 6) is 0. The summed E-state index contributed by atoms with van der Waals surface area (Å²) in [5, 5.41) is 5.21. The van der Waals surface area contributed by atoms with Gasteiger partial charge in [-0.3, -0.25) is 0 Å². The highest BCUT2D eigenvalue weighted by Gasteiger charge is 2.53. The van der Waals surface area contributed by atoms with E-state index in [0.29, 0.717) is 0 Å². The van der Waals surface area contributed by atoms with Crippen LogP contribution in [0.2, 0.25) is 0 Å². The van der Waals surface area contributed by atoms with E-state index in [4.69, 9.17) is 0 Å². The molecule has 2 aliphatic carbocycles. The highest BCUT2D eigenvalue weighted by atomic mass is 32.1. The second-order valence-electron chi connectivity index (χ2n) is 17.2. The molecule has 0 amide bonds. The molecule has 2 aliphatic rings. The molecule has 0 atom stereocenters. The molecule has 0 N–H and O–H groups in total. The lowest BCUT2D eigenvalue weighted by atomic mass is 9.55. The third kappa shape index (κ3) is 4.82. The molecule has 9 aromatic carbocycles. The smallest absolute Gasteiger partial charge is 0.0719 e. The number of nitrogens with zero attached hydrogens (tertiary/aromatic N) is 1. The fourth-order valence-corrected chi connectivity index (χ4v) is 13.3. The van der Waals surface area contributed by atoms with Crippen molar-refractivity contribution in [3.05, 3.63) is 234 Å². The zero-order chi connectivity index (χ0) is 40.5. The van der Waals surface area contributed by atoms with Crippen LogP contribution in [0.25, 0.3) is 62.6 Å². The van der Waals surface area contributed by atoms with Crippen molar-refractivity contribution in [3.8, 4) is 22.3 Å². The molecule has 0 unspecified atom stereocenters. The van der Waals surface area contributed by atoms with Crippen molar-refractivity contribution >= 4 is 80.1 Å².